The average Bonchev–Trinajstić information content (AvgIpc) is 3.45. The number of carbonyl (C=O) groups excluding carboxylic acids is 1. The van der Waals surface area contributed by atoms with Crippen molar-refractivity contribution in [3.05, 3.63) is 30.9 Å². The number of carbonyl (C=O) groups is 1. The van der Waals surface area contributed by atoms with E-state index in [1.54, 1.807) is 56.8 Å². The van der Waals surface area contributed by atoms with Crippen LogP contribution in [0.3, 0.4) is 0 Å². The molecule has 4 rings (SSSR count). The van der Waals surface area contributed by atoms with Gasteiger partial charge in [-0.05, 0) is 39.8 Å². The van der Waals surface area contributed by atoms with Crippen molar-refractivity contribution in [3.8, 4) is 17.2 Å². The van der Waals surface area contributed by atoms with Gasteiger partial charge in [-0.1, -0.05) is 0 Å². The molecule has 0 fully saturated rings. The predicted octanol–water partition coefficient (Wildman–Crippen LogP) is 2.70. The molecule has 14 heteroatoms. The first-order valence-corrected chi connectivity index (χ1v) is 13.1. The van der Waals surface area contributed by atoms with Gasteiger partial charge in [0.25, 0.3) is 0 Å². The van der Waals surface area contributed by atoms with E-state index in [4.69, 9.17) is 29.2 Å². The Kier molecular flexibility index (Phi) is 7.62. The van der Waals surface area contributed by atoms with Crippen LogP contribution in [0.4, 0.5) is 5.82 Å². The molecular formula is C22H29N6O7P. The predicted molar refractivity (Wildman–Crippen MR) is 130 cm³/mol. The van der Waals surface area contributed by atoms with Crippen LogP contribution in [0.25, 0.3) is 11.2 Å². The third-order valence-electron chi connectivity index (χ3n) is 5.11. The zero-order valence-electron chi connectivity index (χ0n) is 20.4. The van der Waals surface area contributed by atoms with Gasteiger partial charge in [0.1, 0.15) is 30.0 Å². The van der Waals surface area contributed by atoms with E-state index < -0.39 is 25.6 Å². The first-order chi connectivity index (χ1) is 17.1. The minimum absolute atomic E-state index is 0.0902. The molecule has 36 heavy (non-hydrogen) atoms. The van der Waals surface area contributed by atoms with Crippen LogP contribution in [-0.2, 0) is 25.4 Å². The number of nitrogens with two attached hydrogens (primary N) is 1. The Morgan fingerprint density at radius 1 is 1.19 bits per heavy atom. The van der Waals surface area contributed by atoms with Crippen LogP contribution in [0.1, 0.15) is 27.7 Å². The molecule has 1 aliphatic heterocycles. The van der Waals surface area contributed by atoms with E-state index in [1.165, 1.54) is 6.33 Å². The van der Waals surface area contributed by atoms with Gasteiger partial charge in [-0.3, -0.25) is 9.36 Å². The van der Waals surface area contributed by atoms with Crippen molar-refractivity contribution in [1.82, 2.24) is 24.6 Å². The number of aromatic nitrogens is 4. The van der Waals surface area contributed by atoms with Gasteiger partial charge in [-0.15, -0.1) is 0 Å². The van der Waals surface area contributed by atoms with Crippen LogP contribution in [0.2, 0.25) is 0 Å². The molecule has 3 heterocycles. The minimum atomic E-state index is -3.76. The molecule has 0 radical (unpaired) electrons. The number of benzene rings is 1. The zero-order chi connectivity index (χ0) is 25.9. The lowest BCUT2D eigenvalue weighted by Gasteiger charge is -2.25. The van der Waals surface area contributed by atoms with Gasteiger partial charge in [0, 0.05) is 6.07 Å². The fourth-order valence-electron chi connectivity index (χ4n) is 3.46. The molecule has 0 saturated heterocycles. The normalized spacial score (nSPS) is 16.0. The molecule has 2 aromatic heterocycles. The van der Waals surface area contributed by atoms with E-state index in [1.807, 2.05) is 0 Å². The van der Waals surface area contributed by atoms with Crippen LogP contribution in [-0.4, -0.2) is 56.9 Å². The second-order valence-electron chi connectivity index (χ2n) is 8.55. The molecule has 13 nitrogen and oxygen atoms in total. The summed E-state index contributed by atoms with van der Waals surface area (Å²) in [6.45, 7) is 7.25. The summed E-state index contributed by atoms with van der Waals surface area (Å²) in [5.74, 6) is 1.01. The number of nitrogens with one attached hydrogen (secondary N) is 1. The fourth-order valence-corrected chi connectivity index (χ4v) is 5.24. The van der Waals surface area contributed by atoms with Gasteiger partial charge in [0.15, 0.2) is 23.0 Å². The molecule has 1 aliphatic rings. The molecule has 0 spiro atoms. The Balaban J connectivity index is 1.47. The summed E-state index contributed by atoms with van der Waals surface area (Å²) in [5, 5.41) is 2.77. The smallest absolute Gasteiger partial charge is 0.342 e. The molecule has 0 aliphatic carbocycles. The molecule has 3 aromatic rings. The fraction of sp³-hybridized carbons (Fsp3) is 0.455. The summed E-state index contributed by atoms with van der Waals surface area (Å²) < 4.78 is 43.3. The van der Waals surface area contributed by atoms with Gasteiger partial charge in [0.2, 0.25) is 6.79 Å². The molecule has 3 atom stereocenters. The number of nitrogens with zero attached hydrogens (tertiary/aromatic N) is 4. The van der Waals surface area contributed by atoms with Gasteiger partial charge in [0.05, 0.1) is 25.1 Å². The number of ether oxygens (including phenoxy) is 4. The maximum absolute atomic E-state index is 13.9. The van der Waals surface area contributed by atoms with Gasteiger partial charge < -0.3 is 33.8 Å². The molecule has 1 unspecified atom stereocenters. The van der Waals surface area contributed by atoms with Crippen molar-refractivity contribution in [1.29, 1.82) is 0 Å². The van der Waals surface area contributed by atoms with E-state index in [2.05, 4.69) is 20.0 Å². The Hall–Kier alpha value is -3.41. The maximum Gasteiger partial charge on any atom is 0.342 e. The topological polar surface area (TPSA) is 162 Å². The van der Waals surface area contributed by atoms with Crippen LogP contribution in [0.5, 0.6) is 17.2 Å². The number of imidazole rings is 1. The second kappa shape index (κ2) is 10.7. The van der Waals surface area contributed by atoms with E-state index in [-0.39, 0.29) is 30.8 Å². The van der Waals surface area contributed by atoms with Crippen LogP contribution in [0, 0.1) is 0 Å². The zero-order valence-corrected chi connectivity index (χ0v) is 21.3. The number of esters is 1. The van der Waals surface area contributed by atoms with Gasteiger partial charge in [-0.25, -0.2) is 20.0 Å². The second-order valence-corrected chi connectivity index (χ2v) is 10.6. The largest absolute Gasteiger partial charge is 0.462 e. The van der Waals surface area contributed by atoms with Gasteiger partial charge in [-0.2, -0.15) is 0 Å². The summed E-state index contributed by atoms with van der Waals surface area (Å²) in [5.41, 5.74) is 6.89. The Bertz CT molecular complexity index is 1280. The summed E-state index contributed by atoms with van der Waals surface area (Å²) in [6, 6.07) is 3.91. The average molecular weight is 520 g/mol. The minimum Gasteiger partial charge on any atom is -0.462 e. The molecule has 0 saturated carbocycles. The highest BCUT2D eigenvalue weighted by Gasteiger charge is 2.32. The van der Waals surface area contributed by atoms with Crippen molar-refractivity contribution in [2.75, 3.05) is 18.9 Å². The SMILES string of the molecule is CC(C)OC(=O)[C@@H](C)NP(=O)(CO[C@H](C)Cn1cnc2c(N)ncnc21)Oc1ccc2c(c1)OCO2. The van der Waals surface area contributed by atoms with Crippen LogP contribution >= 0.6 is 7.52 Å². The number of fused-ring (bicyclic) bond motifs is 2. The number of hydrogen-bond acceptors (Lipinski definition) is 11. The highest BCUT2D eigenvalue weighted by molar-refractivity contribution is 7.57. The highest BCUT2D eigenvalue weighted by atomic mass is 31.2. The number of hydrogen-bond donors (Lipinski definition) is 2. The lowest BCUT2D eigenvalue weighted by Crippen LogP contribution is -2.37. The van der Waals surface area contributed by atoms with Crippen molar-refractivity contribution in [2.24, 2.45) is 0 Å². The summed E-state index contributed by atoms with van der Waals surface area (Å²) in [7, 11) is -3.76. The van der Waals surface area contributed by atoms with Crippen LogP contribution in [0.15, 0.2) is 30.9 Å². The third-order valence-corrected chi connectivity index (χ3v) is 6.88. The van der Waals surface area contributed by atoms with E-state index >= 15 is 0 Å². The number of anilines is 1. The number of rotatable bonds is 11. The van der Waals surface area contributed by atoms with Crippen molar-refractivity contribution in [2.45, 2.75) is 52.5 Å². The van der Waals surface area contributed by atoms with E-state index in [0.29, 0.717) is 29.2 Å². The van der Waals surface area contributed by atoms with Crippen molar-refractivity contribution in [3.63, 3.8) is 0 Å². The summed E-state index contributed by atoms with van der Waals surface area (Å²) in [4.78, 5) is 24.8. The number of nitrogen functional groups attached to an aromatic ring is 1. The Labute approximate surface area is 207 Å². The molecule has 3 N–H and O–H groups in total. The van der Waals surface area contributed by atoms with E-state index in [9.17, 15) is 9.36 Å². The molecular weight excluding hydrogens is 491 g/mol. The standard InChI is InChI=1S/C22H29N6O7P/c1-13(2)34-22(29)15(4)27-36(30,35-16-5-6-17-18(7-16)32-11-31-17)12-33-14(3)8-28-10-26-19-20(23)24-9-25-21(19)28/h5-7,9-10,13-15H,8,11-12H2,1-4H3,(H,27,30)(H2,23,24,25)/t14-,15-,36?/m1/s1. The third kappa shape index (κ3) is 6.04. The lowest BCUT2D eigenvalue weighted by molar-refractivity contribution is -0.149. The summed E-state index contributed by atoms with van der Waals surface area (Å²) >= 11 is 0. The van der Waals surface area contributed by atoms with Crippen LogP contribution < -0.4 is 24.8 Å². The first kappa shape index (κ1) is 25.7. The Morgan fingerprint density at radius 2 is 1.97 bits per heavy atom. The monoisotopic (exact) mass is 520 g/mol. The molecule has 0 bridgehead atoms. The Morgan fingerprint density at radius 3 is 2.75 bits per heavy atom. The van der Waals surface area contributed by atoms with E-state index in [0.717, 1.165) is 0 Å². The molecule has 0 amide bonds. The van der Waals surface area contributed by atoms with Crippen molar-refractivity contribution < 1.29 is 32.8 Å². The summed E-state index contributed by atoms with van der Waals surface area (Å²) in [6.07, 6.45) is 1.87. The quantitative estimate of drug-likeness (QED) is 0.281. The lowest BCUT2D eigenvalue weighted by atomic mass is 10.3. The molecule has 194 valence electrons. The molecule has 1 aromatic carbocycles. The highest BCUT2D eigenvalue weighted by Crippen LogP contribution is 2.46. The van der Waals surface area contributed by atoms with Crippen molar-refractivity contribution >= 4 is 30.5 Å². The first-order valence-electron chi connectivity index (χ1n) is 11.3. The van der Waals surface area contributed by atoms with Gasteiger partial charge >= 0.3 is 13.5 Å². The maximum atomic E-state index is 13.9.